The molecule has 1 aliphatic heterocycles. The molecule has 2 aromatic carbocycles. The molecule has 1 aliphatic rings. The Kier molecular flexibility index (Phi) is 2.59. The van der Waals surface area contributed by atoms with E-state index in [0.717, 1.165) is 0 Å². The fourth-order valence-electron chi connectivity index (χ4n) is 2.02. The van der Waals surface area contributed by atoms with Gasteiger partial charge in [0.15, 0.2) is 11.5 Å². The average Bonchev–Trinajstić information content (AvgIpc) is 2.43. The lowest BCUT2D eigenvalue weighted by Crippen LogP contribution is -2.11. The van der Waals surface area contributed by atoms with Crippen LogP contribution in [-0.4, -0.2) is 11.1 Å². The summed E-state index contributed by atoms with van der Waals surface area (Å²) in [5, 5.41) is 11.8. The molecule has 0 amide bonds. The summed E-state index contributed by atoms with van der Waals surface area (Å²) in [5.74, 6) is -0.480. The Balaban J connectivity index is 2.08. The third kappa shape index (κ3) is 1.89. The lowest BCUT2D eigenvalue weighted by Gasteiger charge is -2.24. The van der Waals surface area contributed by atoms with Crippen molar-refractivity contribution in [2.75, 3.05) is 5.32 Å². The maximum absolute atomic E-state index is 13.7. The number of carboxylic acid groups (broad SMARTS) is 1. The van der Waals surface area contributed by atoms with Crippen molar-refractivity contribution in [3.63, 3.8) is 0 Å². The highest BCUT2D eigenvalue weighted by atomic mass is 19.1. The van der Waals surface area contributed by atoms with Gasteiger partial charge in [0, 0.05) is 5.56 Å². The molecule has 2 N–H and O–H groups in total. The predicted molar refractivity (Wildman–Crippen MR) is 67.7 cm³/mol. The number of carbonyl (C=O) groups is 1. The number of benzene rings is 2. The van der Waals surface area contributed by atoms with Crippen LogP contribution in [0.5, 0.6) is 11.5 Å². The monoisotopic (exact) mass is 259 g/mol. The predicted octanol–water partition coefficient (Wildman–Crippen LogP) is 3.63. The summed E-state index contributed by atoms with van der Waals surface area (Å²) in [6, 6.07) is 11.9. The molecule has 0 fully saturated rings. The number of fused-ring (bicyclic) bond motifs is 2. The number of nitrogens with one attached hydrogen (secondary N) is 1. The first kappa shape index (κ1) is 11.5. The number of hydrogen-bond donors (Lipinski definition) is 2. The molecule has 19 heavy (non-hydrogen) atoms. The first-order chi connectivity index (χ1) is 9.16. The normalized spacial score (nSPS) is 13.5. The molecule has 0 saturated heterocycles. The zero-order valence-corrected chi connectivity index (χ0v) is 9.76. The van der Waals surface area contributed by atoms with Crippen molar-refractivity contribution in [3.8, 4) is 11.5 Å². The summed E-state index contributed by atoms with van der Waals surface area (Å²) in [6.07, 6.45) is -2.09. The minimum atomic E-state index is -2.09. The van der Waals surface area contributed by atoms with Crippen LogP contribution < -0.4 is 10.1 Å². The van der Waals surface area contributed by atoms with Crippen LogP contribution in [0.2, 0.25) is 0 Å². The van der Waals surface area contributed by atoms with Crippen molar-refractivity contribution in [1.82, 2.24) is 0 Å². The van der Waals surface area contributed by atoms with Crippen LogP contribution in [0, 0.1) is 0 Å². The summed E-state index contributed by atoms with van der Waals surface area (Å²) in [5.41, 5.74) is 1.09. The lowest BCUT2D eigenvalue weighted by molar-refractivity contribution is -0.143. The Morgan fingerprint density at radius 3 is 2.68 bits per heavy atom. The van der Waals surface area contributed by atoms with Gasteiger partial charge in [0.05, 0.1) is 11.4 Å². The molecule has 1 heterocycles. The number of anilines is 2. The Morgan fingerprint density at radius 1 is 1.16 bits per heavy atom. The summed E-state index contributed by atoms with van der Waals surface area (Å²) < 4.78 is 19.4. The zero-order valence-electron chi connectivity index (χ0n) is 9.76. The van der Waals surface area contributed by atoms with Crippen molar-refractivity contribution in [2.24, 2.45) is 0 Å². The number of carboxylic acids is 1. The Bertz CT molecular complexity index is 657. The molecule has 1 unspecified atom stereocenters. The molecule has 0 bridgehead atoms. The van der Waals surface area contributed by atoms with E-state index in [2.05, 4.69) is 5.32 Å². The van der Waals surface area contributed by atoms with Gasteiger partial charge in [0.1, 0.15) is 0 Å². The second kappa shape index (κ2) is 4.28. The second-order valence-electron chi connectivity index (χ2n) is 4.14. The van der Waals surface area contributed by atoms with E-state index in [1.165, 1.54) is 6.07 Å². The highest BCUT2D eigenvalue weighted by Crippen LogP contribution is 2.45. The van der Waals surface area contributed by atoms with Gasteiger partial charge in [-0.25, -0.2) is 9.18 Å². The van der Waals surface area contributed by atoms with E-state index in [4.69, 9.17) is 9.84 Å². The standard InChI is InChI=1S/C14H10FNO3/c15-12(14(17)18)8-4-3-7-11-13(8)16-9-5-1-2-6-10(9)19-11/h1-7,12,16H,(H,17,18). The third-order valence-electron chi connectivity index (χ3n) is 2.91. The van der Waals surface area contributed by atoms with E-state index in [-0.39, 0.29) is 5.56 Å². The zero-order chi connectivity index (χ0) is 13.4. The van der Waals surface area contributed by atoms with Crippen LogP contribution in [0.15, 0.2) is 42.5 Å². The molecular weight excluding hydrogens is 249 g/mol. The van der Waals surface area contributed by atoms with Gasteiger partial charge < -0.3 is 15.2 Å². The molecular formula is C14H10FNO3. The van der Waals surface area contributed by atoms with E-state index in [9.17, 15) is 9.18 Å². The highest BCUT2D eigenvalue weighted by molar-refractivity contribution is 5.83. The van der Waals surface area contributed by atoms with Crippen molar-refractivity contribution in [3.05, 3.63) is 48.0 Å². The molecule has 3 rings (SSSR count). The first-order valence-electron chi connectivity index (χ1n) is 5.70. The molecule has 0 aromatic heterocycles. The van der Waals surface area contributed by atoms with Crippen molar-refractivity contribution < 1.29 is 19.0 Å². The van der Waals surface area contributed by atoms with Crippen LogP contribution >= 0.6 is 0 Å². The summed E-state index contributed by atoms with van der Waals surface area (Å²) in [7, 11) is 0. The average molecular weight is 259 g/mol. The molecule has 96 valence electrons. The van der Waals surface area contributed by atoms with Crippen LogP contribution in [-0.2, 0) is 4.79 Å². The molecule has 0 aliphatic carbocycles. The van der Waals surface area contributed by atoms with Crippen LogP contribution in [0.4, 0.5) is 15.8 Å². The number of alkyl halides is 1. The van der Waals surface area contributed by atoms with Crippen molar-refractivity contribution in [2.45, 2.75) is 6.17 Å². The highest BCUT2D eigenvalue weighted by Gasteiger charge is 2.26. The molecule has 2 aromatic rings. The third-order valence-corrected chi connectivity index (χ3v) is 2.91. The van der Waals surface area contributed by atoms with Gasteiger partial charge >= 0.3 is 5.97 Å². The van der Waals surface area contributed by atoms with Gasteiger partial charge in [-0.1, -0.05) is 24.3 Å². The quantitative estimate of drug-likeness (QED) is 0.737. The van der Waals surface area contributed by atoms with Gasteiger partial charge in [-0.05, 0) is 18.2 Å². The van der Waals surface area contributed by atoms with Gasteiger partial charge in [-0.2, -0.15) is 0 Å². The lowest BCUT2D eigenvalue weighted by atomic mass is 10.1. The maximum atomic E-state index is 13.7. The molecule has 1 atom stereocenters. The maximum Gasteiger partial charge on any atom is 0.343 e. The van der Waals surface area contributed by atoms with E-state index in [1.54, 1.807) is 24.3 Å². The molecule has 4 nitrogen and oxygen atoms in total. The van der Waals surface area contributed by atoms with Gasteiger partial charge in [-0.15, -0.1) is 0 Å². The smallest absolute Gasteiger partial charge is 0.343 e. The Labute approximate surface area is 108 Å². The number of aliphatic carboxylic acids is 1. The van der Waals surface area contributed by atoms with Crippen LogP contribution in [0.3, 0.4) is 0 Å². The Morgan fingerprint density at radius 2 is 1.89 bits per heavy atom. The Hall–Kier alpha value is -2.56. The topological polar surface area (TPSA) is 58.6 Å². The number of ether oxygens (including phenoxy) is 1. The molecule has 0 spiro atoms. The van der Waals surface area contributed by atoms with E-state index < -0.39 is 12.1 Å². The van der Waals surface area contributed by atoms with Crippen molar-refractivity contribution in [1.29, 1.82) is 0 Å². The molecule has 0 radical (unpaired) electrons. The fourth-order valence-corrected chi connectivity index (χ4v) is 2.02. The minimum absolute atomic E-state index is 0.0551. The largest absolute Gasteiger partial charge is 0.479 e. The number of rotatable bonds is 2. The summed E-state index contributed by atoms with van der Waals surface area (Å²) in [4.78, 5) is 10.8. The van der Waals surface area contributed by atoms with Crippen LogP contribution in [0.1, 0.15) is 11.7 Å². The summed E-state index contributed by atoms with van der Waals surface area (Å²) in [6.45, 7) is 0. The summed E-state index contributed by atoms with van der Waals surface area (Å²) >= 11 is 0. The number of para-hydroxylation sites is 3. The van der Waals surface area contributed by atoms with E-state index in [0.29, 0.717) is 22.9 Å². The fraction of sp³-hybridized carbons (Fsp3) is 0.0714. The van der Waals surface area contributed by atoms with Gasteiger partial charge in [0.2, 0.25) is 6.17 Å². The van der Waals surface area contributed by atoms with Gasteiger partial charge in [-0.3, -0.25) is 0 Å². The first-order valence-corrected chi connectivity index (χ1v) is 5.70. The van der Waals surface area contributed by atoms with E-state index in [1.807, 2.05) is 12.1 Å². The second-order valence-corrected chi connectivity index (χ2v) is 4.14. The van der Waals surface area contributed by atoms with Crippen molar-refractivity contribution >= 4 is 17.3 Å². The van der Waals surface area contributed by atoms with Crippen LogP contribution in [0.25, 0.3) is 0 Å². The molecule has 5 heteroatoms. The number of hydrogen-bond acceptors (Lipinski definition) is 3. The van der Waals surface area contributed by atoms with E-state index >= 15 is 0 Å². The molecule has 0 saturated carbocycles. The van der Waals surface area contributed by atoms with Gasteiger partial charge in [0.25, 0.3) is 0 Å². The number of halogens is 1. The SMILES string of the molecule is O=C(O)C(F)c1cccc2c1Nc1ccccc1O2. The minimum Gasteiger partial charge on any atom is -0.479 e.